The third-order valence-corrected chi connectivity index (χ3v) is 6.90. The number of aliphatic carboxylic acids is 1. The lowest BCUT2D eigenvalue weighted by Crippen LogP contribution is -2.27. The maximum Gasteiger partial charge on any atom is 0.303 e. The van der Waals surface area contributed by atoms with Gasteiger partial charge in [-0.3, -0.25) is 9.59 Å². The van der Waals surface area contributed by atoms with Crippen molar-refractivity contribution in [3.05, 3.63) is 40.3 Å². The molecule has 4 rings (SSSR count). The summed E-state index contributed by atoms with van der Waals surface area (Å²) >= 11 is 0. The third-order valence-electron chi connectivity index (χ3n) is 5.01. The third kappa shape index (κ3) is 3.02. The van der Waals surface area contributed by atoms with E-state index < -0.39 is 16.0 Å². The van der Waals surface area contributed by atoms with Crippen molar-refractivity contribution in [2.24, 2.45) is 0 Å². The molecule has 1 saturated heterocycles. The molecule has 2 aromatic heterocycles. The van der Waals surface area contributed by atoms with E-state index in [0.717, 1.165) is 12.8 Å². The van der Waals surface area contributed by atoms with E-state index >= 15 is 0 Å². The summed E-state index contributed by atoms with van der Waals surface area (Å²) in [5.41, 5.74) is 1.19. The fraction of sp³-hybridized carbons (Fsp3) is 0.333. The number of carboxylic acid groups (broad SMARTS) is 1. The lowest BCUT2D eigenvalue weighted by molar-refractivity contribution is -0.136. The van der Waals surface area contributed by atoms with Crippen LogP contribution in [0, 0.1) is 0 Å². The first kappa shape index (κ1) is 17.7. The molecule has 3 aromatic rings. The molecule has 142 valence electrons. The van der Waals surface area contributed by atoms with Gasteiger partial charge in [-0.1, -0.05) is 0 Å². The summed E-state index contributed by atoms with van der Waals surface area (Å²) in [6.45, 7) is 1.02. The Morgan fingerprint density at radius 1 is 1.22 bits per heavy atom. The fourth-order valence-electron chi connectivity index (χ4n) is 3.65. The predicted molar refractivity (Wildman–Crippen MR) is 100 cm³/mol. The van der Waals surface area contributed by atoms with Gasteiger partial charge in [-0.25, -0.2) is 8.42 Å². The lowest BCUT2D eigenvalue weighted by Gasteiger charge is -2.16. The minimum absolute atomic E-state index is 0.0764. The zero-order valence-corrected chi connectivity index (χ0v) is 15.3. The average molecular weight is 389 g/mol. The second kappa shape index (κ2) is 6.50. The Balaban J connectivity index is 1.92. The Labute approximate surface area is 154 Å². The van der Waals surface area contributed by atoms with Crippen molar-refractivity contribution in [1.82, 2.24) is 14.3 Å². The zero-order chi connectivity index (χ0) is 19.2. The fourth-order valence-corrected chi connectivity index (χ4v) is 5.20. The topological polar surface area (TPSA) is 123 Å². The highest BCUT2D eigenvalue weighted by atomic mass is 32.2. The highest BCUT2D eigenvalue weighted by Gasteiger charge is 2.27. The average Bonchev–Trinajstić information content (AvgIpc) is 3.30. The van der Waals surface area contributed by atoms with Gasteiger partial charge >= 0.3 is 5.97 Å². The minimum atomic E-state index is -3.59. The number of hydrogen-bond acceptors (Lipinski definition) is 4. The van der Waals surface area contributed by atoms with Crippen molar-refractivity contribution >= 4 is 37.8 Å². The number of sulfonamides is 1. The molecule has 27 heavy (non-hydrogen) atoms. The van der Waals surface area contributed by atoms with E-state index in [-0.39, 0.29) is 23.3 Å². The summed E-state index contributed by atoms with van der Waals surface area (Å²) in [6, 6.07) is 4.66. The van der Waals surface area contributed by atoms with E-state index in [0.29, 0.717) is 40.5 Å². The number of fused-ring (bicyclic) bond motifs is 3. The Morgan fingerprint density at radius 2 is 1.96 bits per heavy atom. The van der Waals surface area contributed by atoms with E-state index in [1.807, 2.05) is 0 Å². The highest BCUT2D eigenvalue weighted by Crippen LogP contribution is 2.29. The largest absolute Gasteiger partial charge is 0.481 e. The van der Waals surface area contributed by atoms with Gasteiger partial charge in [0.1, 0.15) is 5.52 Å². The van der Waals surface area contributed by atoms with Gasteiger partial charge in [-0.15, -0.1) is 0 Å². The van der Waals surface area contributed by atoms with Gasteiger partial charge < -0.3 is 15.1 Å². The first-order valence-corrected chi connectivity index (χ1v) is 10.2. The number of pyridine rings is 1. The van der Waals surface area contributed by atoms with E-state index in [2.05, 4.69) is 9.97 Å². The van der Waals surface area contributed by atoms with Gasteiger partial charge in [0.2, 0.25) is 10.0 Å². The molecule has 0 saturated carbocycles. The van der Waals surface area contributed by atoms with Crippen LogP contribution in [-0.4, -0.2) is 46.9 Å². The Hall–Kier alpha value is -2.65. The quantitative estimate of drug-likeness (QED) is 0.614. The summed E-state index contributed by atoms with van der Waals surface area (Å²) in [5.74, 6) is -0.934. The van der Waals surface area contributed by atoms with E-state index in [1.54, 1.807) is 18.3 Å². The number of aromatic nitrogens is 2. The summed E-state index contributed by atoms with van der Waals surface area (Å²) in [5, 5.41) is 10.1. The predicted octanol–water partition coefficient (Wildman–Crippen LogP) is 1.81. The van der Waals surface area contributed by atoms with Crippen molar-refractivity contribution in [2.75, 3.05) is 13.1 Å². The Morgan fingerprint density at radius 3 is 2.67 bits per heavy atom. The van der Waals surface area contributed by atoms with Crippen LogP contribution >= 0.6 is 0 Å². The molecule has 0 aliphatic carbocycles. The highest BCUT2D eigenvalue weighted by molar-refractivity contribution is 7.89. The van der Waals surface area contributed by atoms with Crippen LogP contribution in [0.2, 0.25) is 0 Å². The molecule has 0 amide bonds. The number of carbonyl (C=O) groups is 1. The summed E-state index contributed by atoms with van der Waals surface area (Å²) in [6.07, 6.45) is 3.48. The molecule has 8 nitrogen and oxygen atoms in total. The molecular weight excluding hydrogens is 370 g/mol. The number of aryl methyl sites for hydroxylation is 1. The summed E-state index contributed by atoms with van der Waals surface area (Å²) in [4.78, 5) is 29.0. The number of benzene rings is 1. The number of hydrogen-bond donors (Lipinski definition) is 3. The van der Waals surface area contributed by atoms with Crippen LogP contribution in [0.5, 0.6) is 0 Å². The summed E-state index contributed by atoms with van der Waals surface area (Å²) < 4.78 is 27.2. The van der Waals surface area contributed by atoms with Crippen molar-refractivity contribution in [2.45, 2.75) is 30.6 Å². The lowest BCUT2D eigenvalue weighted by atomic mass is 10.0. The van der Waals surface area contributed by atoms with Crippen molar-refractivity contribution in [3.8, 4) is 0 Å². The number of nitrogens with zero attached hydrogens (tertiary/aromatic N) is 1. The first-order chi connectivity index (χ1) is 12.9. The molecule has 3 heterocycles. The number of aromatic amines is 2. The maximum atomic E-state index is 12.9. The zero-order valence-electron chi connectivity index (χ0n) is 14.5. The number of rotatable bonds is 5. The molecule has 0 spiro atoms. The van der Waals surface area contributed by atoms with Crippen LogP contribution in [0.15, 0.2) is 34.1 Å². The molecule has 0 atom stereocenters. The second-order valence-electron chi connectivity index (χ2n) is 6.73. The van der Waals surface area contributed by atoms with Crippen LogP contribution in [0.4, 0.5) is 0 Å². The van der Waals surface area contributed by atoms with Gasteiger partial charge in [-0.2, -0.15) is 4.31 Å². The standard InChI is InChI=1S/C18H19N3O5S/c22-15(23)6-3-11-10-19-17-16(11)13-9-12(4-5-14(13)20-18(17)24)27(25,26)21-7-1-2-8-21/h4-5,9-10,19H,1-3,6-8H2,(H,20,24)(H,22,23). The van der Waals surface area contributed by atoms with Gasteiger partial charge in [-0.05, 0) is 43.0 Å². The maximum absolute atomic E-state index is 12.9. The molecule has 1 aromatic carbocycles. The van der Waals surface area contributed by atoms with E-state index in [4.69, 9.17) is 5.11 Å². The van der Waals surface area contributed by atoms with Crippen LogP contribution in [-0.2, 0) is 21.2 Å². The Bertz CT molecular complexity index is 1200. The minimum Gasteiger partial charge on any atom is -0.481 e. The van der Waals surface area contributed by atoms with Crippen molar-refractivity contribution < 1.29 is 18.3 Å². The molecule has 0 radical (unpaired) electrons. The molecule has 9 heteroatoms. The van der Waals surface area contributed by atoms with Crippen molar-refractivity contribution in [1.29, 1.82) is 0 Å². The van der Waals surface area contributed by atoms with Crippen LogP contribution in [0.3, 0.4) is 0 Å². The van der Waals surface area contributed by atoms with Crippen molar-refractivity contribution in [3.63, 3.8) is 0 Å². The number of nitrogens with one attached hydrogen (secondary N) is 2. The molecular formula is C18H19N3O5S. The normalized spacial score (nSPS) is 15.7. The monoisotopic (exact) mass is 389 g/mol. The molecule has 0 bridgehead atoms. The molecule has 1 aliphatic heterocycles. The SMILES string of the molecule is O=C(O)CCc1c[nH]c2c(=O)[nH]c3ccc(S(=O)(=O)N4CCCC4)cc3c12. The van der Waals surface area contributed by atoms with Gasteiger partial charge in [0.15, 0.2) is 0 Å². The number of carboxylic acids is 1. The molecule has 3 N–H and O–H groups in total. The number of H-pyrrole nitrogens is 2. The summed E-state index contributed by atoms with van der Waals surface area (Å²) in [7, 11) is -3.59. The first-order valence-electron chi connectivity index (χ1n) is 8.76. The molecule has 1 aliphatic rings. The van der Waals surface area contributed by atoms with Gasteiger partial charge in [0.25, 0.3) is 5.56 Å². The molecule has 0 unspecified atom stereocenters. The van der Waals surface area contributed by atoms with E-state index in [1.165, 1.54) is 10.4 Å². The molecule has 1 fully saturated rings. The smallest absolute Gasteiger partial charge is 0.303 e. The second-order valence-corrected chi connectivity index (χ2v) is 8.67. The van der Waals surface area contributed by atoms with E-state index in [9.17, 15) is 18.0 Å². The Kier molecular flexibility index (Phi) is 4.27. The van der Waals surface area contributed by atoms with Gasteiger partial charge in [0, 0.05) is 42.0 Å². The van der Waals surface area contributed by atoms with Crippen LogP contribution in [0.1, 0.15) is 24.8 Å². The van der Waals surface area contributed by atoms with Crippen LogP contribution in [0.25, 0.3) is 21.8 Å². The van der Waals surface area contributed by atoms with Crippen LogP contribution < -0.4 is 5.56 Å². The van der Waals surface area contributed by atoms with Gasteiger partial charge in [0.05, 0.1) is 4.90 Å².